The van der Waals surface area contributed by atoms with E-state index in [1.807, 2.05) is 12.1 Å². The molecule has 0 unspecified atom stereocenters. The lowest BCUT2D eigenvalue weighted by Gasteiger charge is -2.14. The fraction of sp³-hybridized carbons (Fsp3) is 0.357. The molecule has 0 saturated heterocycles. The minimum absolute atomic E-state index is 0. The Morgan fingerprint density at radius 1 is 1.28 bits per heavy atom. The molecule has 2 nitrogen and oxygen atoms in total. The highest BCUT2D eigenvalue weighted by Gasteiger charge is 2.17. The molecule has 2 rings (SSSR count). The first-order valence-corrected chi connectivity index (χ1v) is 6.64. The van der Waals surface area contributed by atoms with Crippen LogP contribution < -0.4 is 5.73 Å². The molecule has 0 aliphatic rings. The number of rotatable bonds is 2. The summed E-state index contributed by atoms with van der Waals surface area (Å²) in [6, 6.07) is 8.28. The molecular weight excluding hydrogens is 264 g/mol. The van der Waals surface area contributed by atoms with Gasteiger partial charge in [0.15, 0.2) is 0 Å². The summed E-state index contributed by atoms with van der Waals surface area (Å²) >= 11 is 1.70. The predicted molar refractivity (Wildman–Crippen MR) is 81.4 cm³/mol. The molecule has 0 fully saturated rings. The molecular formula is C14H19ClN2S. The zero-order valence-corrected chi connectivity index (χ0v) is 12.6. The second kappa shape index (κ2) is 5.83. The molecule has 4 heteroatoms. The van der Waals surface area contributed by atoms with E-state index in [1.165, 1.54) is 0 Å². The Hall–Kier alpha value is -0.900. The lowest BCUT2D eigenvalue weighted by Crippen LogP contribution is -2.11. The third-order valence-corrected chi connectivity index (χ3v) is 3.57. The molecule has 0 spiro atoms. The quantitative estimate of drug-likeness (QED) is 0.905. The minimum atomic E-state index is 0. The molecule has 1 heterocycles. The van der Waals surface area contributed by atoms with Crippen LogP contribution in [-0.4, -0.2) is 4.98 Å². The molecule has 0 radical (unpaired) electrons. The molecule has 0 atom stereocenters. The lowest BCUT2D eigenvalue weighted by molar-refractivity contribution is 0.573. The van der Waals surface area contributed by atoms with Crippen molar-refractivity contribution in [2.24, 2.45) is 5.73 Å². The fourth-order valence-electron chi connectivity index (χ4n) is 1.58. The van der Waals surface area contributed by atoms with Crippen molar-refractivity contribution in [3.8, 4) is 10.6 Å². The van der Waals surface area contributed by atoms with Crippen molar-refractivity contribution >= 4 is 23.7 Å². The summed E-state index contributed by atoms with van der Waals surface area (Å²) in [6.45, 7) is 7.12. The first kappa shape index (κ1) is 15.2. The normalized spacial score (nSPS) is 11.1. The van der Waals surface area contributed by atoms with Crippen LogP contribution in [0.3, 0.4) is 0 Å². The Morgan fingerprint density at radius 2 is 2.00 bits per heavy atom. The van der Waals surface area contributed by atoms with Crippen molar-refractivity contribution in [1.29, 1.82) is 0 Å². The Morgan fingerprint density at radius 3 is 2.56 bits per heavy atom. The Labute approximate surface area is 119 Å². The van der Waals surface area contributed by atoms with Crippen LogP contribution in [0.25, 0.3) is 10.6 Å². The average molecular weight is 283 g/mol. The van der Waals surface area contributed by atoms with Gasteiger partial charge in [-0.3, -0.25) is 0 Å². The van der Waals surface area contributed by atoms with Gasteiger partial charge in [-0.2, -0.15) is 0 Å². The average Bonchev–Trinajstić information content (AvgIpc) is 2.78. The summed E-state index contributed by atoms with van der Waals surface area (Å²) in [5.41, 5.74) is 9.22. The first-order chi connectivity index (χ1) is 8.00. The van der Waals surface area contributed by atoms with Crippen molar-refractivity contribution in [3.05, 3.63) is 40.9 Å². The molecule has 0 amide bonds. The maximum absolute atomic E-state index is 5.65. The molecule has 0 bridgehead atoms. The maximum Gasteiger partial charge on any atom is 0.123 e. The van der Waals surface area contributed by atoms with Gasteiger partial charge in [0.1, 0.15) is 5.01 Å². The van der Waals surface area contributed by atoms with Crippen molar-refractivity contribution in [3.63, 3.8) is 0 Å². The number of hydrogen-bond donors (Lipinski definition) is 1. The zero-order valence-electron chi connectivity index (χ0n) is 10.9. The Bertz CT molecular complexity index is 515. The van der Waals surface area contributed by atoms with Crippen molar-refractivity contribution in [1.82, 2.24) is 4.98 Å². The van der Waals surface area contributed by atoms with Gasteiger partial charge in [-0.15, -0.1) is 23.7 Å². The molecule has 2 aromatic rings. The first-order valence-electron chi connectivity index (χ1n) is 5.76. The summed E-state index contributed by atoms with van der Waals surface area (Å²) in [6.07, 6.45) is 0. The monoisotopic (exact) mass is 282 g/mol. The van der Waals surface area contributed by atoms with Crippen LogP contribution >= 0.6 is 23.7 Å². The summed E-state index contributed by atoms with van der Waals surface area (Å²) in [4.78, 5) is 4.70. The van der Waals surface area contributed by atoms with Gasteiger partial charge >= 0.3 is 0 Å². The predicted octanol–water partition coefficient (Wildman–Crippen LogP) is 3.99. The number of benzene rings is 1. The zero-order chi connectivity index (χ0) is 12.5. The number of nitrogens with two attached hydrogens (primary N) is 1. The van der Waals surface area contributed by atoms with Gasteiger partial charge in [-0.25, -0.2) is 4.98 Å². The maximum atomic E-state index is 5.65. The number of nitrogens with zero attached hydrogens (tertiary/aromatic N) is 1. The topological polar surface area (TPSA) is 38.9 Å². The minimum Gasteiger partial charge on any atom is -0.326 e. The molecule has 1 aromatic carbocycles. The molecule has 98 valence electrons. The Kier molecular flexibility index (Phi) is 4.91. The second-order valence-corrected chi connectivity index (χ2v) is 6.05. The summed E-state index contributed by atoms with van der Waals surface area (Å²) in [7, 11) is 0. The van der Waals surface area contributed by atoms with Gasteiger partial charge < -0.3 is 5.73 Å². The number of halogens is 1. The Balaban J connectivity index is 0.00000162. The van der Waals surface area contributed by atoms with Crippen LogP contribution in [0.1, 0.15) is 32.0 Å². The molecule has 0 aliphatic heterocycles. The fourth-order valence-corrected chi connectivity index (χ4v) is 2.63. The number of aromatic nitrogens is 1. The molecule has 0 saturated carbocycles. The molecule has 2 N–H and O–H groups in total. The van der Waals surface area contributed by atoms with Crippen molar-refractivity contribution < 1.29 is 0 Å². The largest absolute Gasteiger partial charge is 0.326 e. The van der Waals surface area contributed by atoms with Gasteiger partial charge in [0.2, 0.25) is 0 Å². The highest BCUT2D eigenvalue weighted by molar-refractivity contribution is 7.13. The third kappa shape index (κ3) is 3.31. The number of thiazole rings is 1. The van der Waals surface area contributed by atoms with E-state index in [0.29, 0.717) is 6.54 Å². The van der Waals surface area contributed by atoms with Crippen molar-refractivity contribution in [2.75, 3.05) is 0 Å². The van der Waals surface area contributed by atoms with Crippen LogP contribution in [0.5, 0.6) is 0 Å². The standard InChI is InChI=1S/C14H18N2S.ClH/c1-14(2,3)12-9-17-13(16-12)11-6-4-5-10(7-11)8-15;/h4-7,9H,8,15H2,1-3H3;1H. The van der Waals surface area contributed by atoms with E-state index in [4.69, 9.17) is 10.7 Å². The van der Waals surface area contributed by atoms with Gasteiger partial charge in [-0.05, 0) is 11.6 Å². The van der Waals surface area contributed by atoms with E-state index in [-0.39, 0.29) is 17.8 Å². The molecule has 18 heavy (non-hydrogen) atoms. The van der Waals surface area contributed by atoms with Crippen LogP contribution in [0.15, 0.2) is 29.6 Å². The third-order valence-electron chi connectivity index (χ3n) is 2.68. The van der Waals surface area contributed by atoms with Gasteiger partial charge in [-0.1, -0.05) is 39.0 Å². The van der Waals surface area contributed by atoms with Gasteiger partial charge in [0.25, 0.3) is 0 Å². The van der Waals surface area contributed by atoms with E-state index in [0.717, 1.165) is 21.8 Å². The van der Waals surface area contributed by atoms with E-state index in [1.54, 1.807) is 11.3 Å². The highest BCUT2D eigenvalue weighted by Crippen LogP contribution is 2.29. The summed E-state index contributed by atoms with van der Waals surface area (Å²) in [5.74, 6) is 0. The van der Waals surface area contributed by atoms with Crippen LogP contribution in [0.2, 0.25) is 0 Å². The van der Waals surface area contributed by atoms with Crippen LogP contribution in [0.4, 0.5) is 0 Å². The van der Waals surface area contributed by atoms with Crippen LogP contribution in [-0.2, 0) is 12.0 Å². The SMILES string of the molecule is CC(C)(C)c1csc(-c2cccc(CN)c2)n1.Cl. The van der Waals surface area contributed by atoms with Gasteiger partial charge in [0.05, 0.1) is 5.69 Å². The van der Waals surface area contributed by atoms with Crippen LogP contribution in [0, 0.1) is 0 Å². The number of hydrogen-bond acceptors (Lipinski definition) is 3. The van der Waals surface area contributed by atoms with E-state index in [2.05, 4.69) is 38.3 Å². The molecule has 0 aliphatic carbocycles. The summed E-state index contributed by atoms with van der Waals surface area (Å²) in [5, 5.41) is 3.22. The van der Waals surface area contributed by atoms with E-state index >= 15 is 0 Å². The van der Waals surface area contributed by atoms with E-state index < -0.39 is 0 Å². The second-order valence-electron chi connectivity index (χ2n) is 5.19. The smallest absolute Gasteiger partial charge is 0.123 e. The van der Waals surface area contributed by atoms with Crippen molar-refractivity contribution in [2.45, 2.75) is 32.7 Å². The molecule has 1 aromatic heterocycles. The van der Waals surface area contributed by atoms with Gasteiger partial charge in [0, 0.05) is 22.9 Å². The lowest BCUT2D eigenvalue weighted by atomic mass is 9.93. The van der Waals surface area contributed by atoms with E-state index in [9.17, 15) is 0 Å². The highest BCUT2D eigenvalue weighted by atomic mass is 35.5. The summed E-state index contributed by atoms with van der Waals surface area (Å²) < 4.78 is 0.